The van der Waals surface area contributed by atoms with E-state index in [1.807, 2.05) is 0 Å². The monoisotopic (exact) mass is 268 g/mol. The van der Waals surface area contributed by atoms with Gasteiger partial charge in [0.25, 0.3) is 0 Å². The van der Waals surface area contributed by atoms with Crippen molar-refractivity contribution in [3.63, 3.8) is 0 Å². The van der Waals surface area contributed by atoms with Crippen LogP contribution in [0.1, 0.15) is 49.6 Å². The molecule has 0 aromatic carbocycles. The fourth-order valence-electron chi connectivity index (χ4n) is 2.77. The van der Waals surface area contributed by atoms with Crippen molar-refractivity contribution in [3.05, 3.63) is 10.6 Å². The fourth-order valence-corrected chi connectivity index (χ4v) is 3.75. The highest BCUT2D eigenvalue weighted by atomic mass is 32.1. The SMILES string of the molecule is CCc1nc(N(C)CC2CCCCC2)sc1CO. The number of nitrogens with zero attached hydrogens (tertiary/aromatic N) is 2. The molecule has 1 aromatic heterocycles. The second-order valence-corrected chi connectivity index (χ2v) is 6.32. The summed E-state index contributed by atoms with van der Waals surface area (Å²) in [5.41, 5.74) is 1.06. The van der Waals surface area contributed by atoms with E-state index in [-0.39, 0.29) is 6.61 Å². The van der Waals surface area contributed by atoms with Crippen LogP contribution in [0, 0.1) is 5.92 Å². The Hall–Kier alpha value is -0.610. The van der Waals surface area contributed by atoms with Crippen molar-refractivity contribution in [1.29, 1.82) is 0 Å². The lowest BCUT2D eigenvalue weighted by Gasteiger charge is -2.26. The van der Waals surface area contributed by atoms with Crippen molar-refractivity contribution < 1.29 is 5.11 Å². The van der Waals surface area contributed by atoms with Crippen molar-refractivity contribution >= 4 is 16.5 Å². The van der Waals surface area contributed by atoms with Gasteiger partial charge in [0.15, 0.2) is 5.13 Å². The zero-order valence-corrected chi connectivity index (χ0v) is 12.3. The number of rotatable bonds is 5. The molecule has 1 saturated carbocycles. The van der Waals surface area contributed by atoms with Gasteiger partial charge in [-0.1, -0.05) is 37.5 Å². The molecule has 1 aliphatic rings. The maximum absolute atomic E-state index is 9.32. The Bertz CT molecular complexity index is 350. The first-order valence-corrected chi connectivity index (χ1v) is 7.86. The lowest BCUT2D eigenvalue weighted by molar-refractivity contribution is 0.284. The Morgan fingerprint density at radius 1 is 1.33 bits per heavy atom. The Kier molecular flexibility index (Phi) is 5.01. The topological polar surface area (TPSA) is 36.4 Å². The molecule has 2 rings (SSSR count). The highest BCUT2D eigenvalue weighted by Gasteiger charge is 2.18. The van der Waals surface area contributed by atoms with Crippen LogP contribution < -0.4 is 4.90 Å². The highest BCUT2D eigenvalue weighted by Crippen LogP contribution is 2.29. The molecular formula is C14H24N2OS. The van der Waals surface area contributed by atoms with E-state index >= 15 is 0 Å². The van der Waals surface area contributed by atoms with Crippen LogP contribution in [0.25, 0.3) is 0 Å². The van der Waals surface area contributed by atoms with Crippen LogP contribution in [-0.2, 0) is 13.0 Å². The first-order chi connectivity index (χ1) is 8.74. The van der Waals surface area contributed by atoms with Crippen molar-refractivity contribution in [2.75, 3.05) is 18.5 Å². The molecule has 1 N–H and O–H groups in total. The maximum atomic E-state index is 9.32. The van der Waals surface area contributed by atoms with E-state index in [4.69, 9.17) is 0 Å². The number of thiazole rings is 1. The van der Waals surface area contributed by atoms with Crippen molar-refractivity contribution in [2.24, 2.45) is 5.92 Å². The van der Waals surface area contributed by atoms with Gasteiger partial charge in [0.05, 0.1) is 17.2 Å². The average molecular weight is 268 g/mol. The zero-order chi connectivity index (χ0) is 13.0. The van der Waals surface area contributed by atoms with E-state index < -0.39 is 0 Å². The highest BCUT2D eigenvalue weighted by molar-refractivity contribution is 7.15. The standard InChI is InChI=1S/C14H24N2OS/c1-3-12-13(10-17)18-14(15-12)16(2)9-11-7-5-4-6-8-11/h11,17H,3-10H2,1-2H3. The molecule has 0 spiro atoms. The second-order valence-electron chi connectivity index (χ2n) is 5.26. The molecular weight excluding hydrogens is 244 g/mol. The van der Waals surface area contributed by atoms with Gasteiger partial charge in [0, 0.05) is 13.6 Å². The molecule has 0 atom stereocenters. The van der Waals surface area contributed by atoms with E-state index in [1.165, 1.54) is 32.1 Å². The molecule has 1 aliphatic carbocycles. The first kappa shape index (κ1) is 13.8. The lowest BCUT2D eigenvalue weighted by atomic mass is 9.89. The Balaban J connectivity index is 1.98. The van der Waals surface area contributed by atoms with Crippen LogP contribution >= 0.6 is 11.3 Å². The summed E-state index contributed by atoms with van der Waals surface area (Å²) in [6.45, 7) is 3.33. The number of hydrogen-bond donors (Lipinski definition) is 1. The molecule has 0 saturated heterocycles. The van der Waals surface area contributed by atoms with Gasteiger partial charge in [-0.2, -0.15) is 0 Å². The molecule has 102 valence electrons. The number of aryl methyl sites for hydroxylation is 1. The van der Waals surface area contributed by atoms with E-state index in [0.29, 0.717) is 0 Å². The van der Waals surface area contributed by atoms with E-state index in [2.05, 4.69) is 23.9 Å². The molecule has 0 radical (unpaired) electrons. The minimum Gasteiger partial charge on any atom is -0.391 e. The molecule has 1 aromatic rings. The molecule has 0 aliphatic heterocycles. The summed E-state index contributed by atoms with van der Waals surface area (Å²) in [4.78, 5) is 7.96. The third-order valence-corrected chi connectivity index (χ3v) is 5.03. The van der Waals surface area contributed by atoms with Crippen LogP contribution in [-0.4, -0.2) is 23.7 Å². The summed E-state index contributed by atoms with van der Waals surface area (Å²) >= 11 is 1.65. The number of aromatic nitrogens is 1. The summed E-state index contributed by atoms with van der Waals surface area (Å²) in [5.74, 6) is 0.829. The van der Waals surface area contributed by atoms with Crippen LogP contribution in [0.3, 0.4) is 0 Å². The molecule has 0 bridgehead atoms. The minimum absolute atomic E-state index is 0.123. The number of hydrogen-bond acceptors (Lipinski definition) is 4. The van der Waals surface area contributed by atoms with Gasteiger partial charge in [-0.05, 0) is 25.2 Å². The van der Waals surface area contributed by atoms with Crippen LogP contribution in [0.4, 0.5) is 5.13 Å². The summed E-state index contributed by atoms with van der Waals surface area (Å²) < 4.78 is 0. The zero-order valence-electron chi connectivity index (χ0n) is 11.5. The molecule has 1 fully saturated rings. The van der Waals surface area contributed by atoms with Gasteiger partial charge in [-0.25, -0.2) is 4.98 Å². The van der Waals surface area contributed by atoms with E-state index in [0.717, 1.165) is 34.6 Å². The van der Waals surface area contributed by atoms with Crippen molar-refractivity contribution in [2.45, 2.75) is 52.1 Å². The Morgan fingerprint density at radius 3 is 2.61 bits per heavy atom. The molecule has 3 nitrogen and oxygen atoms in total. The average Bonchev–Trinajstić information content (AvgIpc) is 2.83. The predicted molar refractivity (Wildman–Crippen MR) is 77.3 cm³/mol. The quantitative estimate of drug-likeness (QED) is 0.891. The van der Waals surface area contributed by atoms with E-state index in [9.17, 15) is 5.11 Å². The molecule has 0 unspecified atom stereocenters. The summed E-state index contributed by atoms with van der Waals surface area (Å²) in [6.07, 6.45) is 7.82. The van der Waals surface area contributed by atoms with Crippen molar-refractivity contribution in [3.8, 4) is 0 Å². The molecule has 4 heteroatoms. The third-order valence-electron chi connectivity index (χ3n) is 3.83. The first-order valence-electron chi connectivity index (χ1n) is 7.05. The third kappa shape index (κ3) is 3.23. The maximum Gasteiger partial charge on any atom is 0.185 e. The van der Waals surface area contributed by atoms with Gasteiger partial charge in [0.2, 0.25) is 0 Å². The predicted octanol–water partition coefficient (Wildman–Crippen LogP) is 3.21. The van der Waals surface area contributed by atoms with E-state index in [1.54, 1.807) is 11.3 Å². The molecule has 0 amide bonds. The Morgan fingerprint density at radius 2 is 2.06 bits per heavy atom. The number of aliphatic hydroxyl groups is 1. The summed E-state index contributed by atoms with van der Waals surface area (Å²) in [5, 5.41) is 10.4. The summed E-state index contributed by atoms with van der Waals surface area (Å²) in [7, 11) is 2.13. The van der Waals surface area contributed by atoms with Crippen LogP contribution in [0.5, 0.6) is 0 Å². The smallest absolute Gasteiger partial charge is 0.185 e. The van der Waals surface area contributed by atoms with Gasteiger partial charge >= 0.3 is 0 Å². The Labute approximate surface area is 114 Å². The molecule has 1 heterocycles. The largest absolute Gasteiger partial charge is 0.391 e. The number of aliphatic hydroxyl groups excluding tert-OH is 1. The lowest BCUT2D eigenvalue weighted by Crippen LogP contribution is -2.26. The van der Waals surface area contributed by atoms with Gasteiger partial charge in [-0.15, -0.1) is 0 Å². The van der Waals surface area contributed by atoms with Crippen LogP contribution in [0.2, 0.25) is 0 Å². The normalized spacial score (nSPS) is 17.1. The number of anilines is 1. The van der Waals surface area contributed by atoms with Crippen LogP contribution in [0.15, 0.2) is 0 Å². The van der Waals surface area contributed by atoms with Gasteiger partial charge in [-0.3, -0.25) is 0 Å². The fraction of sp³-hybridized carbons (Fsp3) is 0.786. The van der Waals surface area contributed by atoms with Gasteiger partial charge in [0.1, 0.15) is 0 Å². The molecule has 18 heavy (non-hydrogen) atoms. The van der Waals surface area contributed by atoms with Gasteiger partial charge < -0.3 is 10.0 Å². The second kappa shape index (κ2) is 6.53. The minimum atomic E-state index is 0.123. The van der Waals surface area contributed by atoms with Crippen molar-refractivity contribution in [1.82, 2.24) is 4.98 Å². The summed E-state index contributed by atoms with van der Waals surface area (Å²) in [6, 6.07) is 0.